The Morgan fingerprint density at radius 1 is 1.06 bits per heavy atom. The van der Waals surface area contributed by atoms with Crippen LogP contribution in [0.5, 0.6) is 5.88 Å². The predicted molar refractivity (Wildman–Crippen MR) is 60.4 cm³/mol. The van der Waals surface area contributed by atoms with Gasteiger partial charge in [0.05, 0.1) is 0 Å². The summed E-state index contributed by atoms with van der Waals surface area (Å²) in [5.41, 5.74) is 1.45. The first-order chi connectivity index (χ1) is 7.88. The van der Waals surface area contributed by atoms with E-state index in [4.69, 9.17) is 4.74 Å². The van der Waals surface area contributed by atoms with Gasteiger partial charge in [-0.05, 0) is 11.6 Å². The Labute approximate surface area is 93.7 Å². The highest BCUT2D eigenvalue weighted by Crippen LogP contribution is 2.09. The second kappa shape index (κ2) is 5.07. The van der Waals surface area contributed by atoms with Crippen LogP contribution in [-0.2, 0) is 6.61 Å². The maximum absolute atomic E-state index is 10.5. The normalized spacial score (nSPS) is 9.75. The largest absolute Gasteiger partial charge is 0.473 e. The summed E-state index contributed by atoms with van der Waals surface area (Å²) in [6.45, 7) is 0.455. The molecular weight excluding hydrogens is 202 g/mol. The zero-order valence-electron chi connectivity index (χ0n) is 8.67. The second-order valence-electron chi connectivity index (χ2n) is 3.29. The Morgan fingerprint density at radius 3 is 2.62 bits per heavy atom. The number of ether oxygens (including phenoxy) is 1. The summed E-state index contributed by atoms with van der Waals surface area (Å²) >= 11 is 0. The molecule has 0 aliphatic heterocycles. The summed E-state index contributed by atoms with van der Waals surface area (Å²) in [5.74, 6) is 0.466. The molecule has 3 nitrogen and oxygen atoms in total. The summed E-state index contributed by atoms with van der Waals surface area (Å²) in [5, 5.41) is 0. The number of aromatic nitrogens is 1. The molecule has 1 aromatic heterocycles. The molecule has 0 unspecified atom stereocenters. The van der Waals surface area contributed by atoms with Gasteiger partial charge in [0.2, 0.25) is 5.88 Å². The van der Waals surface area contributed by atoms with Gasteiger partial charge in [-0.1, -0.05) is 36.4 Å². The predicted octanol–water partition coefficient (Wildman–Crippen LogP) is 2.47. The van der Waals surface area contributed by atoms with Crippen LogP contribution in [0.4, 0.5) is 0 Å². The number of hydrogen-bond acceptors (Lipinski definition) is 3. The third-order valence-electron chi connectivity index (χ3n) is 2.10. The molecular formula is C13H11NO2. The lowest BCUT2D eigenvalue weighted by Gasteiger charge is -2.04. The maximum Gasteiger partial charge on any atom is 0.214 e. The number of carbonyl (C=O) groups is 1. The monoisotopic (exact) mass is 213 g/mol. The van der Waals surface area contributed by atoms with Crippen molar-refractivity contribution < 1.29 is 9.53 Å². The Balaban J connectivity index is 2.02. The topological polar surface area (TPSA) is 39.2 Å². The molecule has 2 rings (SSSR count). The number of nitrogens with zero attached hydrogens (tertiary/aromatic N) is 1. The average molecular weight is 213 g/mol. The maximum atomic E-state index is 10.5. The molecule has 0 aliphatic rings. The average Bonchev–Trinajstić information content (AvgIpc) is 2.38. The first kappa shape index (κ1) is 10.4. The van der Waals surface area contributed by atoms with Crippen molar-refractivity contribution in [2.24, 2.45) is 0 Å². The van der Waals surface area contributed by atoms with Crippen molar-refractivity contribution in [3.8, 4) is 5.88 Å². The van der Waals surface area contributed by atoms with Crippen molar-refractivity contribution in [2.45, 2.75) is 6.61 Å². The highest BCUT2D eigenvalue weighted by atomic mass is 16.5. The lowest BCUT2D eigenvalue weighted by molar-refractivity contribution is 0.111. The van der Waals surface area contributed by atoms with Crippen LogP contribution >= 0.6 is 0 Å². The molecule has 0 spiro atoms. The van der Waals surface area contributed by atoms with Crippen molar-refractivity contribution in [3.63, 3.8) is 0 Å². The van der Waals surface area contributed by atoms with Crippen LogP contribution in [0.3, 0.4) is 0 Å². The summed E-state index contributed by atoms with van der Waals surface area (Å²) in [6, 6.07) is 14.9. The van der Waals surface area contributed by atoms with Gasteiger partial charge >= 0.3 is 0 Å². The highest BCUT2D eigenvalue weighted by Gasteiger charge is 1.98. The molecule has 0 radical (unpaired) electrons. The zero-order chi connectivity index (χ0) is 11.2. The minimum absolute atomic E-state index is 0.380. The van der Waals surface area contributed by atoms with E-state index in [0.29, 0.717) is 24.5 Å². The number of rotatable bonds is 4. The minimum atomic E-state index is 0.380. The van der Waals surface area contributed by atoms with Gasteiger partial charge < -0.3 is 4.74 Å². The Morgan fingerprint density at radius 2 is 1.88 bits per heavy atom. The van der Waals surface area contributed by atoms with Crippen molar-refractivity contribution in [2.75, 3.05) is 0 Å². The number of carbonyl (C=O) groups excluding carboxylic acids is 1. The molecule has 1 heterocycles. The van der Waals surface area contributed by atoms with Crippen LogP contribution in [0, 0.1) is 0 Å². The molecule has 0 atom stereocenters. The van der Waals surface area contributed by atoms with Gasteiger partial charge in [0.1, 0.15) is 12.3 Å². The Bertz CT molecular complexity index is 468. The van der Waals surface area contributed by atoms with Gasteiger partial charge in [-0.2, -0.15) is 0 Å². The Hall–Kier alpha value is -2.16. The molecule has 0 amide bonds. The van der Waals surface area contributed by atoms with Crippen LogP contribution in [0.15, 0.2) is 48.5 Å². The van der Waals surface area contributed by atoms with Crippen LogP contribution in [0.1, 0.15) is 16.1 Å². The molecule has 0 bridgehead atoms. The van der Waals surface area contributed by atoms with E-state index in [-0.39, 0.29) is 0 Å². The molecule has 0 saturated carbocycles. The Kier molecular flexibility index (Phi) is 3.28. The van der Waals surface area contributed by atoms with Crippen LogP contribution in [-0.4, -0.2) is 11.3 Å². The van der Waals surface area contributed by atoms with Crippen molar-refractivity contribution in [3.05, 3.63) is 59.8 Å². The van der Waals surface area contributed by atoms with Crippen LogP contribution < -0.4 is 4.74 Å². The molecule has 3 heteroatoms. The van der Waals surface area contributed by atoms with Gasteiger partial charge in [-0.15, -0.1) is 0 Å². The lowest BCUT2D eigenvalue weighted by Crippen LogP contribution is -1.98. The van der Waals surface area contributed by atoms with E-state index >= 15 is 0 Å². The van der Waals surface area contributed by atoms with Gasteiger partial charge in [0.25, 0.3) is 0 Å². The van der Waals surface area contributed by atoms with E-state index in [1.807, 2.05) is 30.3 Å². The van der Waals surface area contributed by atoms with E-state index < -0.39 is 0 Å². The van der Waals surface area contributed by atoms with Gasteiger partial charge in [-0.3, -0.25) is 4.79 Å². The van der Waals surface area contributed by atoms with Crippen molar-refractivity contribution in [1.82, 2.24) is 4.98 Å². The fourth-order valence-electron chi connectivity index (χ4n) is 1.31. The highest BCUT2D eigenvalue weighted by molar-refractivity contribution is 5.71. The van der Waals surface area contributed by atoms with E-state index in [9.17, 15) is 4.79 Å². The summed E-state index contributed by atoms with van der Waals surface area (Å²) < 4.78 is 5.46. The van der Waals surface area contributed by atoms with E-state index in [1.165, 1.54) is 0 Å². The van der Waals surface area contributed by atoms with E-state index in [1.54, 1.807) is 18.2 Å². The molecule has 0 N–H and O–H groups in total. The summed E-state index contributed by atoms with van der Waals surface area (Å²) in [7, 11) is 0. The molecule has 0 saturated heterocycles. The molecule has 2 aromatic rings. The smallest absolute Gasteiger partial charge is 0.214 e. The number of benzene rings is 1. The first-order valence-corrected chi connectivity index (χ1v) is 4.97. The van der Waals surface area contributed by atoms with Crippen molar-refractivity contribution >= 4 is 6.29 Å². The third-order valence-corrected chi connectivity index (χ3v) is 2.10. The standard InChI is InChI=1S/C13H11NO2/c15-9-12-7-4-8-13(14-12)16-10-11-5-2-1-3-6-11/h1-9H,10H2. The quantitative estimate of drug-likeness (QED) is 0.732. The molecule has 1 aromatic carbocycles. The van der Waals surface area contributed by atoms with E-state index in [0.717, 1.165) is 5.56 Å². The number of aldehydes is 1. The fraction of sp³-hybridized carbons (Fsp3) is 0.0769. The SMILES string of the molecule is O=Cc1cccc(OCc2ccccc2)n1. The van der Waals surface area contributed by atoms with Gasteiger partial charge in [-0.25, -0.2) is 4.98 Å². The molecule has 0 aliphatic carbocycles. The van der Waals surface area contributed by atoms with Crippen LogP contribution in [0.2, 0.25) is 0 Å². The molecule has 0 fully saturated rings. The van der Waals surface area contributed by atoms with Crippen molar-refractivity contribution in [1.29, 1.82) is 0 Å². The third kappa shape index (κ3) is 2.67. The zero-order valence-corrected chi connectivity index (χ0v) is 8.67. The lowest BCUT2D eigenvalue weighted by atomic mass is 10.2. The van der Waals surface area contributed by atoms with Gasteiger partial charge in [0.15, 0.2) is 6.29 Å². The molecule has 80 valence electrons. The second-order valence-corrected chi connectivity index (χ2v) is 3.29. The fourth-order valence-corrected chi connectivity index (χ4v) is 1.31. The number of pyridine rings is 1. The minimum Gasteiger partial charge on any atom is -0.473 e. The number of hydrogen-bond donors (Lipinski definition) is 0. The van der Waals surface area contributed by atoms with E-state index in [2.05, 4.69) is 4.98 Å². The van der Waals surface area contributed by atoms with Crippen LogP contribution in [0.25, 0.3) is 0 Å². The first-order valence-electron chi connectivity index (χ1n) is 4.97. The summed E-state index contributed by atoms with van der Waals surface area (Å²) in [4.78, 5) is 14.5. The van der Waals surface area contributed by atoms with Gasteiger partial charge in [0, 0.05) is 6.07 Å². The molecule has 16 heavy (non-hydrogen) atoms. The summed E-state index contributed by atoms with van der Waals surface area (Å²) in [6.07, 6.45) is 0.704.